The fraction of sp³-hybridized carbons (Fsp3) is 1.00. The van der Waals surface area contributed by atoms with Crippen LogP contribution in [0.2, 0.25) is 0 Å². The maximum atomic E-state index is 2.36. The summed E-state index contributed by atoms with van der Waals surface area (Å²) in [5.74, 6) is 0. The van der Waals surface area contributed by atoms with E-state index >= 15 is 0 Å². The molecule has 0 heterocycles. The highest BCUT2D eigenvalue weighted by atomic mass is 31.1. The average Bonchev–Trinajstić information content (AvgIpc) is 2.38. The molecule has 1 heteroatoms. The van der Waals surface area contributed by atoms with Gasteiger partial charge in [-0.15, -0.1) is 7.92 Å². The molecule has 18 heavy (non-hydrogen) atoms. The molecule has 0 atom stereocenters. The molecule has 0 nitrogen and oxygen atoms in total. The summed E-state index contributed by atoms with van der Waals surface area (Å²) in [6, 6.07) is 0. The van der Waals surface area contributed by atoms with Gasteiger partial charge in [-0.1, -0.05) is 78.6 Å². The van der Waals surface area contributed by atoms with Crippen LogP contribution in [-0.2, 0) is 0 Å². The van der Waals surface area contributed by atoms with Gasteiger partial charge in [0.1, 0.15) is 0 Å². The Bertz CT molecular complexity index is 131. The van der Waals surface area contributed by atoms with Gasteiger partial charge in [-0.05, 0) is 31.3 Å². The first-order valence-electron chi connectivity index (χ1n) is 8.57. The maximum Gasteiger partial charge on any atom is -0.0326 e. The zero-order chi connectivity index (χ0) is 13.5. The number of hydrogen-bond acceptors (Lipinski definition) is 0. The van der Waals surface area contributed by atoms with Crippen LogP contribution in [0.1, 0.15) is 91.4 Å². The van der Waals surface area contributed by atoms with Crippen LogP contribution in [0.15, 0.2) is 0 Å². The van der Waals surface area contributed by atoms with Crippen LogP contribution in [0.25, 0.3) is 0 Å². The van der Waals surface area contributed by atoms with Crippen molar-refractivity contribution in [2.24, 2.45) is 0 Å². The van der Waals surface area contributed by atoms with E-state index in [1.165, 1.54) is 76.8 Å². The van der Waals surface area contributed by atoms with Crippen molar-refractivity contribution in [3.8, 4) is 0 Å². The largest absolute Gasteiger partial charge is 0.107 e. The third-order valence-electron chi connectivity index (χ3n) is 3.70. The van der Waals surface area contributed by atoms with Crippen molar-refractivity contribution in [2.75, 3.05) is 18.5 Å². The summed E-state index contributed by atoms with van der Waals surface area (Å²) in [5, 5.41) is 0. The molecule has 0 radical (unpaired) electrons. The topological polar surface area (TPSA) is 0 Å². The molecule has 0 fully saturated rings. The third kappa shape index (κ3) is 12.9. The molecule has 0 saturated heterocycles. The lowest BCUT2D eigenvalue weighted by molar-refractivity contribution is 0.652. The molecular formula is C17H37P. The van der Waals surface area contributed by atoms with Gasteiger partial charge >= 0.3 is 0 Å². The molecule has 0 N–H and O–H groups in total. The van der Waals surface area contributed by atoms with Crippen molar-refractivity contribution < 1.29 is 0 Å². The van der Waals surface area contributed by atoms with Crippen LogP contribution in [0.3, 0.4) is 0 Å². The monoisotopic (exact) mass is 272 g/mol. The second-order valence-corrected chi connectivity index (χ2v) is 8.35. The van der Waals surface area contributed by atoms with E-state index < -0.39 is 0 Å². The van der Waals surface area contributed by atoms with E-state index in [2.05, 4.69) is 20.8 Å². The SMILES string of the molecule is CCCCCCCP(CCC)CCCCCCC. The lowest BCUT2D eigenvalue weighted by Crippen LogP contribution is -1.96. The molecule has 0 aliphatic heterocycles. The van der Waals surface area contributed by atoms with E-state index in [-0.39, 0.29) is 0 Å². The molecule has 0 aromatic carbocycles. The molecule has 0 aliphatic rings. The molecule has 0 aromatic rings. The fourth-order valence-corrected chi connectivity index (χ4v) is 5.17. The summed E-state index contributed by atoms with van der Waals surface area (Å²) in [6.45, 7) is 6.98. The minimum atomic E-state index is 0.397. The zero-order valence-electron chi connectivity index (χ0n) is 13.3. The van der Waals surface area contributed by atoms with Crippen molar-refractivity contribution in [1.29, 1.82) is 0 Å². The molecular weight excluding hydrogens is 235 g/mol. The van der Waals surface area contributed by atoms with E-state index in [9.17, 15) is 0 Å². The maximum absolute atomic E-state index is 2.36. The van der Waals surface area contributed by atoms with Crippen molar-refractivity contribution >= 4 is 7.92 Å². The van der Waals surface area contributed by atoms with Crippen molar-refractivity contribution in [3.63, 3.8) is 0 Å². The second-order valence-electron chi connectivity index (χ2n) is 5.67. The van der Waals surface area contributed by atoms with Gasteiger partial charge in [-0.2, -0.15) is 0 Å². The van der Waals surface area contributed by atoms with Crippen LogP contribution in [0, 0.1) is 0 Å². The standard InChI is InChI=1S/C17H37P/c1-4-7-9-11-13-16-18(15-6-3)17-14-12-10-8-5-2/h4-17H2,1-3H3. The summed E-state index contributed by atoms with van der Waals surface area (Å²) in [4.78, 5) is 0. The normalized spacial score (nSPS) is 11.3. The van der Waals surface area contributed by atoms with E-state index in [0.717, 1.165) is 0 Å². The lowest BCUT2D eigenvalue weighted by atomic mass is 10.2. The first-order chi connectivity index (χ1) is 8.85. The van der Waals surface area contributed by atoms with E-state index in [4.69, 9.17) is 0 Å². The number of rotatable bonds is 14. The Morgan fingerprint density at radius 3 is 1.28 bits per heavy atom. The van der Waals surface area contributed by atoms with Crippen molar-refractivity contribution in [2.45, 2.75) is 91.4 Å². The summed E-state index contributed by atoms with van der Waals surface area (Å²) in [7, 11) is 0.397. The Labute approximate surface area is 118 Å². The van der Waals surface area contributed by atoms with Gasteiger partial charge in [0.2, 0.25) is 0 Å². The van der Waals surface area contributed by atoms with Gasteiger partial charge in [-0.3, -0.25) is 0 Å². The Kier molecular flexibility index (Phi) is 15.9. The molecule has 0 spiro atoms. The Morgan fingerprint density at radius 2 is 0.889 bits per heavy atom. The molecule has 0 aliphatic carbocycles. The quantitative estimate of drug-likeness (QED) is 0.240. The Morgan fingerprint density at radius 1 is 0.444 bits per heavy atom. The smallest absolute Gasteiger partial charge is 0.0326 e. The fourth-order valence-electron chi connectivity index (χ4n) is 2.53. The molecule has 0 aromatic heterocycles. The highest BCUT2D eigenvalue weighted by molar-refractivity contribution is 7.57. The van der Waals surface area contributed by atoms with Crippen LogP contribution in [-0.4, -0.2) is 18.5 Å². The molecule has 0 amide bonds. The van der Waals surface area contributed by atoms with Gasteiger partial charge in [0.25, 0.3) is 0 Å². The Balaban J connectivity index is 3.45. The second kappa shape index (κ2) is 15.5. The summed E-state index contributed by atoms with van der Waals surface area (Å²) >= 11 is 0. The van der Waals surface area contributed by atoms with Crippen LogP contribution in [0.4, 0.5) is 0 Å². The summed E-state index contributed by atoms with van der Waals surface area (Å²) in [5.41, 5.74) is 0. The van der Waals surface area contributed by atoms with Gasteiger partial charge in [-0.25, -0.2) is 0 Å². The predicted octanol–water partition coefficient (Wildman–Crippen LogP) is 6.82. The van der Waals surface area contributed by atoms with Gasteiger partial charge < -0.3 is 0 Å². The highest BCUT2D eigenvalue weighted by Crippen LogP contribution is 2.38. The van der Waals surface area contributed by atoms with Gasteiger partial charge in [0, 0.05) is 0 Å². The first kappa shape index (κ1) is 18.4. The van der Waals surface area contributed by atoms with Crippen molar-refractivity contribution in [3.05, 3.63) is 0 Å². The number of unbranched alkanes of at least 4 members (excludes halogenated alkanes) is 8. The van der Waals surface area contributed by atoms with Crippen molar-refractivity contribution in [1.82, 2.24) is 0 Å². The highest BCUT2D eigenvalue weighted by Gasteiger charge is 2.06. The van der Waals surface area contributed by atoms with E-state index in [1.54, 1.807) is 12.3 Å². The molecule has 0 unspecified atom stereocenters. The van der Waals surface area contributed by atoms with E-state index in [1.807, 2.05) is 0 Å². The first-order valence-corrected chi connectivity index (χ1v) is 10.5. The number of hydrogen-bond donors (Lipinski definition) is 0. The molecule has 0 bridgehead atoms. The molecule has 0 rings (SSSR count). The molecule has 0 saturated carbocycles. The third-order valence-corrected chi connectivity index (χ3v) is 6.67. The lowest BCUT2D eigenvalue weighted by Gasteiger charge is -2.16. The van der Waals surface area contributed by atoms with Gasteiger partial charge in [0.15, 0.2) is 0 Å². The summed E-state index contributed by atoms with van der Waals surface area (Å²) in [6.07, 6.45) is 20.7. The predicted molar refractivity (Wildman–Crippen MR) is 89.3 cm³/mol. The summed E-state index contributed by atoms with van der Waals surface area (Å²) < 4.78 is 0. The van der Waals surface area contributed by atoms with Crippen LogP contribution in [0.5, 0.6) is 0 Å². The molecule has 110 valence electrons. The van der Waals surface area contributed by atoms with Crippen LogP contribution < -0.4 is 0 Å². The minimum absolute atomic E-state index is 0.397. The zero-order valence-corrected chi connectivity index (χ0v) is 14.2. The Hall–Kier alpha value is 0.430. The minimum Gasteiger partial charge on any atom is -0.107 e. The van der Waals surface area contributed by atoms with Crippen LogP contribution >= 0.6 is 7.92 Å². The van der Waals surface area contributed by atoms with E-state index in [0.29, 0.717) is 7.92 Å². The average molecular weight is 272 g/mol. The van der Waals surface area contributed by atoms with Gasteiger partial charge in [0.05, 0.1) is 0 Å².